The summed E-state index contributed by atoms with van der Waals surface area (Å²) in [4.78, 5) is 25.4. The lowest BCUT2D eigenvalue weighted by Crippen LogP contribution is -2.55. The van der Waals surface area contributed by atoms with Gasteiger partial charge in [-0.05, 0) is 20.8 Å². The number of carbonyl (C=O) groups excluding carboxylic acids is 2. The van der Waals surface area contributed by atoms with Gasteiger partial charge in [0, 0.05) is 17.7 Å². The molecular formula is C17H18O5. The average Bonchev–Trinajstić information content (AvgIpc) is 2.49. The molecule has 0 bridgehead atoms. The molecule has 0 amide bonds. The van der Waals surface area contributed by atoms with E-state index < -0.39 is 17.8 Å². The Morgan fingerprint density at radius 1 is 1.18 bits per heavy atom. The molecule has 0 spiro atoms. The van der Waals surface area contributed by atoms with Gasteiger partial charge in [0.25, 0.3) is 0 Å². The third kappa shape index (κ3) is 2.01. The van der Waals surface area contributed by atoms with Crippen LogP contribution in [0.3, 0.4) is 0 Å². The van der Waals surface area contributed by atoms with Gasteiger partial charge in [-0.2, -0.15) is 0 Å². The molecule has 1 heterocycles. The number of aliphatic hydroxyl groups is 1. The molecule has 1 aliphatic heterocycles. The molecule has 5 nitrogen and oxygen atoms in total. The van der Waals surface area contributed by atoms with Crippen molar-refractivity contribution in [1.82, 2.24) is 0 Å². The second kappa shape index (κ2) is 5.04. The number of hydrogen-bond acceptors (Lipinski definition) is 5. The standard InChI is InChI=1S/C17H18O5/c1-4-21-15-11-12(18)9-7-5-6-8-10(9)13(19)14(11)22-17(2,3)16(15)20/h5-8,15-16,20H,4H2,1-3H3/t15-,16+/m1/s1. The molecule has 1 aromatic carbocycles. The predicted octanol–water partition coefficient (Wildman–Crippen LogP) is 1.89. The van der Waals surface area contributed by atoms with Gasteiger partial charge in [0.05, 0.1) is 5.57 Å². The monoisotopic (exact) mass is 302 g/mol. The highest BCUT2D eigenvalue weighted by atomic mass is 16.5. The molecule has 0 radical (unpaired) electrons. The normalized spacial score (nSPS) is 26.4. The first-order valence-electron chi connectivity index (χ1n) is 7.29. The quantitative estimate of drug-likeness (QED) is 0.903. The van der Waals surface area contributed by atoms with E-state index in [9.17, 15) is 14.7 Å². The Kier molecular flexibility index (Phi) is 3.42. The van der Waals surface area contributed by atoms with Gasteiger partial charge in [0.15, 0.2) is 11.5 Å². The molecule has 0 unspecified atom stereocenters. The van der Waals surface area contributed by atoms with Crippen molar-refractivity contribution in [1.29, 1.82) is 0 Å². The molecule has 5 heteroatoms. The number of Topliss-reactive ketones (excluding diaryl/α,β-unsaturated/α-hetero) is 2. The lowest BCUT2D eigenvalue weighted by atomic mass is 9.79. The van der Waals surface area contributed by atoms with E-state index in [1.54, 1.807) is 45.0 Å². The molecule has 0 aromatic heterocycles. The number of aliphatic hydroxyl groups excluding tert-OH is 1. The fourth-order valence-electron chi connectivity index (χ4n) is 2.93. The number of carbonyl (C=O) groups is 2. The van der Waals surface area contributed by atoms with Gasteiger partial charge in [-0.25, -0.2) is 0 Å². The predicted molar refractivity (Wildman–Crippen MR) is 78.7 cm³/mol. The number of rotatable bonds is 2. The summed E-state index contributed by atoms with van der Waals surface area (Å²) in [5.41, 5.74) is -0.238. The Morgan fingerprint density at radius 2 is 1.77 bits per heavy atom. The third-order valence-corrected chi connectivity index (χ3v) is 4.11. The maximum atomic E-state index is 12.8. The van der Waals surface area contributed by atoms with E-state index in [1.807, 2.05) is 0 Å². The Bertz CT molecular complexity index is 686. The number of fused-ring (bicyclic) bond motifs is 1. The summed E-state index contributed by atoms with van der Waals surface area (Å²) >= 11 is 0. The number of ether oxygens (including phenoxy) is 2. The third-order valence-electron chi connectivity index (χ3n) is 4.11. The Labute approximate surface area is 128 Å². The SMILES string of the molecule is CCO[C@@H]1C2=C(OC(C)(C)[C@H]1O)C(=O)c1ccccc1C2=O. The summed E-state index contributed by atoms with van der Waals surface area (Å²) in [5.74, 6) is -0.662. The summed E-state index contributed by atoms with van der Waals surface area (Å²) < 4.78 is 11.3. The summed E-state index contributed by atoms with van der Waals surface area (Å²) in [6.45, 7) is 5.44. The zero-order valence-electron chi connectivity index (χ0n) is 12.8. The van der Waals surface area contributed by atoms with Crippen molar-refractivity contribution in [2.45, 2.75) is 38.6 Å². The molecular weight excluding hydrogens is 284 g/mol. The van der Waals surface area contributed by atoms with Gasteiger partial charge in [0.2, 0.25) is 5.78 Å². The number of allylic oxidation sites excluding steroid dienone is 1. The van der Waals surface area contributed by atoms with E-state index in [-0.39, 0.29) is 22.9 Å². The lowest BCUT2D eigenvalue weighted by Gasteiger charge is -2.43. The van der Waals surface area contributed by atoms with Crippen LogP contribution in [0, 0.1) is 0 Å². The smallest absolute Gasteiger partial charge is 0.228 e. The second-order valence-electron chi connectivity index (χ2n) is 5.97. The molecule has 0 fully saturated rings. The van der Waals surface area contributed by atoms with Crippen LogP contribution in [0.4, 0.5) is 0 Å². The Morgan fingerprint density at radius 3 is 2.36 bits per heavy atom. The van der Waals surface area contributed by atoms with Crippen molar-refractivity contribution in [2.75, 3.05) is 6.61 Å². The van der Waals surface area contributed by atoms with Crippen LogP contribution in [0.15, 0.2) is 35.6 Å². The zero-order chi connectivity index (χ0) is 16.1. The van der Waals surface area contributed by atoms with Crippen LogP contribution in [0.5, 0.6) is 0 Å². The first-order valence-corrected chi connectivity index (χ1v) is 7.29. The zero-order valence-corrected chi connectivity index (χ0v) is 12.8. The van der Waals surface area contributed by atoms with E-state index in [0.717, 1.165) is 0 Å². The summed E-state index contributed by atoms with van der Waals surface area (Å²) in [6, 6.07) is 6.62. The maximum Gasteiger partial charge on any atom is 0.228 e. The molecule has 0 saturated carbocycles. The maximum absolute atomic E-state index is 12.8. The van der Waals surface area contributed by atoms with Crippen molar-refractivity contribution >= 4 is 11.6 Å². The van der Waals surface area contributed by atoms with E-state index in [0.29, 0.717) is 17.7 Å². The topological polar surface area (TPSA) is 72.8 Å². The molecule has 116 valence electrons. The van der Waals surface area contributed by atoms with Gasteiger partial charge in [0.1, 0.15) is 17.8 Å². The van der Waals surface area contributed by atoms with Crippen LogP contribution in [-0.2, 0) is 9.47 Å². The Balaban J connectivity index is 2.20. The van der Waals surface area contributed by atoms with Gasteiger partial charge in [-0.1, -0.05) is 24.3 Å². The lowest BCUT2D eigenvalue weighted by molar-refractivity contribution is -0.139. The molecule has 1 aromatic rings. The van der Waals surface area contributed by atoms with Gasteiger partial charge >= 0.3 is 0 Å². The highest BCUT2D eigenvalue weighted by Crippen LogP contribution is 2.39. The van der Waals surface area contributed by atoms with Crippen molar-refractivity contribution in [3.63, 3.8) is 0 Å². The minimum Gasteiger partial charge on any atom is -0.480 e. The van der Waals surface area contributed by atoms with Crippen LogP contribution in [0.2, 0.25) is 0 Å². The summed E-state index contributed by atoms with van der Waals surface area (Å²) in [7, 11) is 0. The van der Waals surface area contributed by atoms with E-state index in [1.165, 1.54) is 0 Å². The number of benzene rings is 1. The molecule has 2 aliphatic rings. The van der Waals surface area contributed by atoms with Crippen LogP contribution >= 0.6 is 0 Å². The average molecular weight is 302 g/mol. The highest BCUT2D eigenvalue weighted by molar-refractivity contribution is 6.26. The minimum absolute atomic E-state index is 0.00236. The van der Waals surface area contributed by atoms with Gasteiger partial charge < -0.3 is 14.6 Å². The van der Waals surface area contributed by atoms with Crippen molar-refractivity contribution < 1.29 is 24.2 Å². The van der Waals surface area contributed by atoms with Crippen LogP contribution in [0.1, 0.15) is 41.5 Å². The highest BCUT2D eigenvalue weighted by Gasteiger charge is 2.51. The van der Waals surface area contributed by atoms with Gasteiger partial charge in [-0.3, -0.25) is 9.59 Å². The Hall–Kier alpha value is -1.98. The van der Waals surface area contributed by atoms with E-state index in [4.69, 9.17) is 9.47 Å². The number of hydrogen-bond donors (Lipinski definition) is 1. The molecule has 1 aliphatic carbocycles. The van der Waals surface area contributed by atoms with Crippen molar-refractivity contribution in [3.05, 3.63) is 46.7 Å². The summed E-state index contributed by atoms with van der Waals surface area (Å²) in [6.07, 6.45) is -1.90. The van der Waals surface area contributed by atoms with Crippen molar-refractivity contribution in [2.24, 2.45) is 0 Å². The molecule has 1 N–H and O–H groups in total. The van der Waals surface area contributed by atoms with Crippen LogP contribution < -0.4 is 0 Å². The van der Waals surface area contributed by atoms with E-state index in [2.05, 4.69) is 0 Å². The molecule has 0 saturated heterocycles. The van der Waals surface area contributed by atoms with Gasteiger partial charge in [-0.15, -0.1) is 0 Å². The fraction of sp³-hybridized carbons (Fsp3) is 0.412. The minimum atomic E-state index is -1.03. The number of ketones is 2. The van der Waals surface area contributed by atoms with Crippen LogP contribution in [0.25, 0.3) is 0 Å². The second-order valence-corrected chi connectivity index (χ2v) is 5.97. The summed E-state index contributed by atoms with van der Waals surface area (Å²) in [5, 5.41) is 10.5. The van der Waals surface area contributed by atoms with E-state index >= 15 is 0 Å². The van der Waals surface area contributed by atoms with Crippen LogP contribution in [-0.4, -0.2) is 41.1 Å². The molecule has 22 heavy (non-hydrogen) atoms. The fourth-order valence-corrected chi connectivity index (χ4v) is 2.93. The largest absolute Gasteiger partial charge is 0.480 e. The molecule has 2 atom stereocenters. The molecule has 3 rings (SSSR count). The first kappa shape index (κ1) is 14.9. The first-order chi connectivity index (χ1) is 10.4. The van der Waals surface area contributed by atoms with Crippen molar-refractivity contribution in [3.8, 4) is 0 Å².